The lowest BCUT2D eigenvalue weighted by Gasteiger charge is -2.28. The van der Waals surface area contributed by atoms with Crippen LogP contribution in [0.5, 0.6) is 0 Å². The number of nitrogens with zero attached hydrogens (tertiary/aromatic N) is 2. The minimum atomic E-state index is 0.599. The molecule has 2 N–H and O–H groups in total. The fourth-order valence-corrected chi connectivity index (χ4v) is 3.05. The highest BCUT2D eigenvalue weighted by Gasteiger charge is 2.18. The first-order chi connectivity index (χ1) is 10.3. The number of ether oxygens (including phenoxy) is 1. The number of hydrogen-bond donors (Lipinski definition) is 2. The zero-order chi connectivity index (χ0) is 14.9. The molecule has 1 aliphatic carbocycles. The second kappa shape index (κ2) is 9.26. The van der Waals surface area contributed by atoms with Crippen molar-refractivity contribution >= 4 is 5.96 Å². The molecule has 0 spiro atoms. The van der Waals surface area contributed by atoms with Gasteiger partial charge in [0.25, 0.3) is 0 Å². The van der Waals surface area contributed by atoms with Crippen molar-refractivity contribution in [3.63, 3.8) is 0 Å². The molecule has 0 amide bonds. The van der Waals surface area contributed by atoms with Crippen LogP contribution < -0.4 is 10.6 Å². The van der Waals surface area contributed by atoms with E-state index in [4.69, 9.17) is 9.73 Å². The Balaban J connectivity index is 1.72. The molecule has 2 aliphatic rings. The van der Waals surface area contributed by atoms with Crippen LogP contribution >= 0.6 is 0 Å². The van der Waals surface area contributed by atoms with Gasteiger partial charge in [0.1, 0.15) is 0 Å². The SMILES string of the molecule is CCNC(=NCCN1CCOCC1)NC1CCC(C)CC1. The van der Waals surface area contributed by atoms with E-state index in [9.17, 15) is 0 Å². The molecule has 0 aromatic carbocycles. The molecule has 1 saturated heterocycles. The van der Waals surface area contributed by atoms with E-state index in [0.29, 0.717) is 6.04 Å². The van der Waals surface area contributed by atoms with Crippen LogP contribution in [-0.4, -0.2) is 62.8 Å². The molecule has 5 heteroatoms. The van der Waals surface area contributed by atoms with E-state index in [1.807, 2.05) is 0 Å². The number of nitrogens with one attached hydrogen (secondary N) is 2. The lowest BCUT2D eigenvalue weighted by molar-refractivity contribution is 0.0394. The maximum atomic E-state index is 5.37. The van der Waals surface area contributed by atoms with E-state index in [0.717, 1.165) is 57.8 Å². The Hall–Kier alpha value is -0.810. The van der Waals surface area contributed by atoms with E-state index in [1.165, 1.54) is 25.7 Å². The fourth-order valence-electron chi connectivity index (χ4n) is 3.05. The zero-order valence-electron chi connectivity index (χ0n) is 13.7. The zero-order valence-corrected chi connectivity index (χ0v) is 13.7. The van der Waals surface area contributed by atoms with Crippen LogP contribution in [0.4, 0.5) is 0 Å². The smallest absolute Gasteiger partial charge is 0.191 e. The average Bonchev–Trinajstić information content (AvgIpc) is 2.51. The molecule has 0 atom stereocenters. The van der Waals surface area contributed by atoms with Gasteiger partial charge >= 0.3 is 0 Å². The van der Waals surface area contributed by atoms with Crippen molar-refractivity contribution in [1.29, 1.82) is 0 Å². The van der Waals surface area contributed by atoms with Gasteiger partial charge in [-0.3, -0.25) is 9.89 Å². The lowest BCUT2D eigenvalue weighted by atomic mass is 9.87. The van der Waals surface area contributed by atoms with E-state index in [1.54, 1.807) is 0 Å². The molecule has 2 fully saturated rings. The van der Waals surface area contributed by atoms with Crippen molar-refractivity contribution in [1.82, 2.24) is 15.5 Å². The number of guanidine groups is 1. The largest absolute Gasteiger partial charge is 0.379 e. The second-order valence-corrected chi connectivity index (χ2v) is 6.32. The van der Waals surface area contributed by atoms with Crippen molar-refractivity contribution in [2.45, 2.75) is 45.6 Å². The minimum Gasteiger partial charge on any atom is -0.379 e. The van der Waals surface area contributed by atoms with Crippen LogP contribution in [-0.2, 0) is 4.74 Å². The van der Waals surface area contributed by atoms with Gasteiger partial charge in [0.2, 0.25) is 0 Å². The molecule has 21 heavy (non-hydrogen) atoms. The molecule has 0 unspecified atom stereocenters. The van der Waals surface area contributed by atoms with Crippen molar-refractivity contribution in [2.24, 2.45) is 10.9 Å². The van der Waals surface area contributed by atoms with Crippen molar-refractivity contribution in [3.8, 4) is 0 Å². The van der Waals surface area contributed by atoms with Gasteiger partial charge in [-0.05, 0) is 38.5 Å². The van der Waals surface area contributed by atoms with Gasteiger partial charge in [-0.1, -0.05) is 6.92 Å². The van der Waals surface area contributed by atoms with Crippen LogP contribution in [0.3, 0.4) is 0 Å². The predicted octanol–water partition coefficient (Wildman–Crippen LogP) is 1.45. The molecule has 1 heterocycles. The molecule has 5 nitrogen and oxygen atoms in total. The number of aliphatic imine (C=N–C) groups is 1. The van der Waals surface area contributed by atoms with E-state index < -0.39 is 0 Å². The summed E-state index contributed by atoms with van der Waals surface area (Å²) in [7, 11) is 0. The van der Waals surface area contributed by atoms with E-state index in [2.05, 4.69) is 29.4 Å². The van der Waals surface area contributed by atoms with Crippen molar-refractivity contribution < 1.29 is 4.74 Å². The van der Waals surface area contributed by atoms with Crippen molar-refractivity contribution in [3.05, 3.63) is 0 Å². The number of morpholine rings is 1. The summed E-state index contributed by atoms with van der Waals surface area (Å²) in [5, 5.41) is 6.99. The molecular formula is C16H32N4O. The second-order valence-electron chi connectivity index (χ2n) is 6.32. The molecule has 0 aromatic rings. The number of hydrogen-bond acceptors (Lipinski definition) is 3. The molecule has 0 bridgehead atoms. The Morgan fingerprint density at radius 2 is 1.90 bits per heavy atom. The predicted molar refractivity (Wildman–Crippen MR) is 87.8 cm³/mol. The van der Waals surface area contributed by atoms with E-state index in [-0.39, 0.29) is 0 Å². The summed E-state index contributed by atoms with van der Waals surface area (Å²) in [6, 6.07) is 0.599. The maximum Gasteiger partial charge on any atom is 0.191 e. The Morgan fingerprint density at radius 3 is 2.57 bits per heavy atom. The van der Waals surface area contributed by atoms with Gasteiger partial charge in [0.05, 0.1) is 19.8 Å². The molecule has 1 saturated carbocycles. The standard InChI is InChI=1S/C16H32N4O/c1-3-17-16(19-15-6-4-14(2)5-7-15)18-8-9-20-10-12-21-13-11-20/h14-15H,3-13H2,1-2H3,(H2,17,18,19). The van der Waals surface area contributed by atoms with Crippen LogP contribution in [0.2, 0.25) is 0 Å². The summed E-state index contributed by atoms with van der Waals surface area (Å²) in [4.78, 5) is 7.16. The topological polar surface area (TPSA) is 48.9 Å². The Kier molecular flexibility index (Phi) is 7.30. The van der Waals surface area contributed by atoms with Gasteiger partial charge in [-0.15, -0.1) is 0 Å². The molecule has 0 radical (unpaired) electrons. The van der Waals surface area contributed by atoms with Gasteiger partial charge in [0.15, 0.2) is 5.96 Å². The number of rotatable bonds is 5. The summed E-state index contributed by atoms with van der Waals surface area (Å²) in [5.74, 6) is 1.88. The molecule has 1 aliphatic heterocycles. The third-order valence-electron chi connectivity index (χ3n) is 4.49. The third-order valence-corrected chi connectivity index (χ3v) is 4.49. The van der Waals surface area contributed by atoms with Crippen LogP contribution in [0.15, 0.2) is 4.99 Å². The van der Waals surface area contributed by atoms with Crippen LogP contribution in [0.25, 0.3) is 0 Å². The summed E-state index contributed by atoms with van der Waals surface area (Å²) < 4.78 is 5.37. The Morgan fingerprint density at radius 1 is 1.19 bits per heavy atom. The molecule has 122 valence electrons. The normalized spacial score (nSPS) is 28.4. The molecular weight excluding hydrogens is 264 g/mol. The summed E-state index contributed by atoms with van der Waals surface area (Å²) >= 11 is 0. The highest BCUT2D eigenvalue weighted by atomic mass is 16.5. The minimum absolute atomic E-state index is 0.599. The van der Waals surface area contributed by atoms with E-state index >= 15 is 0 Å². The monoisotopic (exact) mass is 296 g/mol. The first-order valence-electron chi connectivity index (χ1n) is 8.63. The molecule has 0 aromatic heterocycles. The highest BCUT2D eigenvalue weighted by Crippen LogP contribution is 2.23. The van der Waals surface area contributed by atoms with Gasteiger partial charge < -0.3 is 15.4 Å². The Bertz CT molecular complexity index is 307. The molecule has 2 rings (SSSR count). The first-order valence-corrected chi connectivity index (χ1v) is 8.63. The summed E-state index contributed by atoms with van der Waals surface area (Å²) in [6.07, 6.45) is 5.22. The highest BCUT2D eigenvalue weighted by molar-refractivity contribution is 5.80. The lowest BCUT2D eigenvalue weighted by Crippen LogP contribution is -2.45. The average molecular weight is 296 g/mol. The maximum absolute atomic E-state index is 5.37. The summed E-state index contributed by atoms with van der Waals surface area (Å²) in [5.41, 5.74) is 0. The van der Waals surface area contributed by atoms with Gasteiger partial charge in [-0.25, -0.2) is 0 Å². The van der Waals surface area contributed by atoms with Crippen LogP contribution in [0, 0.1) is 5.92 Å². The quantitative estimate of drug-likeness (QED) is 0.595. The van der Waals surface area contributed by atoms with Gasteiger partial charge in [0, 0.05) is 32.2 Å². The fraction of sp³-hybridized carbons (Fsp3) is 0.938. The Labute approximate surface area is 129 Å². The van der Waals surface area contributed by atoms with Crippen molar-refractivity contribution in [2.75, 3.05) is 45.9 Å². The first kappa shape index (κ1) is 16.6. The van der Waals surface area contributed by atoms with Crippen LogP contribution in [0.1, 0.15) is 39.5 Å². The summed E-state index contributed by atoms with van der Waals surface area (Å²) in [6.45, 7) is 11.1. The van der Waals surface area contributed by atoms with Gasteiger partial charge in [-0.2, -0.15) is 0 Å². The third kappa shape index (κ3) is 6.22.